The van der Waals surface area contributed by atoms with E-state index in [1.807, 2.05) is 0 Å². The average molecular weight is 257 g/mol. The number of aliphatic carboxylic acids is 1. The summed E-state index contributed by atoms with van der Waals surface area (Å²) in [5.74, 6) is -2.08. The minimum atomic E-state index is -1.44. The number of carbonyl (C=O) groups is 3. The van der Waals surface area contributed by atoms with E-state index >= 15 is 0 Å². The highest BCUT2D eigenvalue weighted by molar-refractivity contribution is 5.86. The number of hydrazine groups is 1. The van der Waals surface area contributed by atoms with Crippen molar-refractivity contribution in [2.45, 2.75) is 39.2 Å². The Kier molecular flexibility index (Phi) is 4.15. The van der Waals surface area contributed by atoms with E-state index in [0.29, 0.717) is 12.8 Å². The third kappa shape index (κ3) is 5.03. The van der Waals surface area contributed by atoms with Crippen LogP contribution in [-0.4, -0.2) is 35.1 Å². The lowest BCUT2D eigenvalue weighted by Crippen LogP contribution is -2.52. The number of carbonyl (C=O) groups excluding carboxylic acids is 3. The summed E-state index contributed by atoms with van der Waals surface area (Å²) in [4.78, 5) is 33.7. The molecule has 18 heavy (non-hydrogen) atoms. The molecule has 0 atom stereocenters. The molecule has 1 N–H and O–H groups in total. The van der Waals surface area contributed by atoms with Gasteiger partial charge in [0.2, 0.25) is 5.91 Å². The number of carboxylic acids is 1. The van der Waals surface area contributed by atoms with Crippen molar-refractivity contribution >= 4 is 18.0 Å². The summed E-state index contributed by atoms with van der Waals surface area (Å²) >= 11 is 0. The van der Waals surface area contributed by atoms with Gasteiger partial charge in [-0.3, -0.25) is 4.79 Å². The summed E-state index contributed by atoms with van der Waals surface area (Å²) in [5.41, 5.74) is 1.41. The van der Waals surface area contributed by atoms with E-state index in [2.05, 4.69) is 5.43 Å². The summed E-state index contributed by atoms with van der Waals surface area (Å²) in [7, 11) is 0. The molecule has 0 radical (unpaired) electrons. The molecule has 1 fully saturated rings. The highest BCUT2D eigenvalue weighted by Gasteiger charge is 2.34. The molecular weight excluding hydrogens is 240 g/mol. The number of ether oxygens (including phenoxy) is 1. The zero-order valence-corrected chi connectivity index (χ0v) is 10.7. The molecule has 0 aliphatic heterocycles. The number of nitrogens with one attached hydrogen (secondary N) is 1. The lowest BCUT2D eigenvalue weighted by Gasteiger charge is -2.26. The lowest BCUT2D eigenvalue weighted by atomic mass is 10.2. The van der Waals surface area contributed by atoms with E-state index in [0.717, 1.165) is 5.01 Å². The fourth-order valence-corrected chi connectivity index (χ4v) is 1.26. The van der Waals surface area contributed by atoms with Gasteiger partial charge in [-0.15, -0.1) is 0 Å². The van der Waals surface area contributed by atoms with Gasteiger partial charge < -0.3 is 14.6 Å². The van der Waals surface area contributed by atoms with E-state index in [4.69, 9.17) is 4.74 Å². The van der Waals surface area contributed by atoms with Gasteiger partial charge in [-0.05, 0) is 33.6 Å². The number of rotatable bonds is 3. The van der Waals surface area contributed by atoms with Crippen molar-refractivity contribution in [3.05, 3.63) is 0 Å². The Balaban J connectivity index is 2.57. The molecule has 1 aliphatic rings. The molecule has 0 bridgehead atoms. The maximum atomic E-state index is 11.7. The minimum absolute atomic E-state index is 0.209. The second-order valence-corrected chi connectivity index (χ2v) is 5.18. The van der Waals surface area contributed by atoms with Crippen molar-refractivity contribution in [1.82, 2.24) is 10.4 Å². The van der Waals surface area contributed by atoms with Crippen LogP contribution in [-0.2, 0) is 14.3 Å². The van der Waals surface area contributed by atoms with Crippen LogP contribution in [0.3, 0.4) is 0 Å². The first-order valence-corrected chi connectivity index (χ1v) is 5.70. The predicted molar refractivity (Wildman–Crippen MR) is 58.8 cm³/mol. The second-order valence-electron chi connectivity index (χ2n) is 5.18. The molecule has 0 spiro atoms. The van der Waals surface area contributed by atoms with Crippen LogP contribution in [0, 0.1) is 5.92 Å². The van der Waals surface area contributed by atoms with Crippen molar-refractivity contribution < 1.29 is 24.2 Å². The van der Waals surface area contributed by atoms with Crippen LogP contribution >= 0.6 is 0 Å². The zero-order chi connectivity index (χ0) is 13.9. The van der Waals surface area contributed by atoms with Crippen LogP contribution in [0.1, 0.15) is 33.6 Å². The summed E-state index contributed by atoms with van der Waals surface area (Å²) in [6.07, 6.45) is 0.550. The fourth-order valence-electron chi connectivity index (χ4n) is 1.26. The van der Waals surface area contributed by atoms with Crippen LogP contribution in [0.4, 0.5) is 4.79 Å². The molecular formula is C11H17N2O5-. The maximum absolute atomic E-state index is 11.7. The molecule has 0 aromatic rings. The number of carboxylic acid groups (broad SMARTS) is 1. The quantitative estimate of drug-likeness (QED) is 0.682. The second kappa shape index (κ2) is 5.24. The number of amides is 2. The Hall–Kier alpha value is -1.79. The van der Waals surface area contributed by atoms with Gasteiger partial charge in [0.05, 0.1) is 12.5 Å². The molecule has 102 valence electrons. The third-order valence-corrected chi connectivity index (χ3v) is 2.10. The van der Waals surface area contributed by atoms with Crippen molar-refractivity contribution in [2.75, 3.05) is 6.54 Å². The standard InChI is InChI=1S/C11H18N2O5/c1-11(2,3)18-10(17)12-13(6-8(14)15)9(16)7-4-5-7/h7H,4-6H2,1-3H3,(H,12,17)(H,14,15)/p-1. The number of hydrogen-bond donors (Lipinski definition) is 1. The first-order chi connectivity index (χ1) is 8.19. The van der Waals surface area contributed by atoms with Crippen LogP contribution in [0.2, 0.25) is 0 Å². The predicted octanol–water partition coefficient (Wildman–Crippen LogP) is -0.585. The fraction of sp³-hybridized carbons (Fsp3) is 0.727. The average Bonchev–Trinajstić information content (AvgIpc) is 2.94. The van der Waals surface area contributed by atoms with Crippen molar-refractivity contribution in [1.29, 1.82) is 0 Å². The summed E-state index contributed by atoms with van der Waals surface area (Å²) in [6.45, 7) is 4.31. The third-order valence-electron chi connectivity index (χ3n) is 2.10. The van der Waals surface area contributed by atoms with E-state index in [-0.39, 0.29) is 5.92 Å². The molecule has 2 amide bonds. The van der Waals surface area contributed by atoms with Gasteiger partial charge in [0, 0.05) is 5.92 Å². The molecule has 1 saturated carbocycles. The topological polar surface area (TPSA) is 98.8 Å². The highest BCUT2D eigenvalue weighted by atomic mass is 16.6. The van der Waals surface area contributed by atoms with Gasteiger partial charge in [0.1, 0.15) is 5.60 Å². The Morgan fingerprint density at radius 2 is 1.89 bits per heavy atom. The van der Waals surface area contributed by atoms with Crippen molar-refractivity contribution in [2.24, 2.45) is 5.92 Å². The van der Waals surface area contributed by atoms with Crippen molar-refractivity contribution in [3.8, 4) is 0 Å². The van der Waals surface area contributed by atoms with E-state index in [1.165, 1.54) is 0 Å². The molecule has 0 aromatic carbocycles. The first-order valence-electron chi connectivity index (χ1n) is 5.70. The molecule has 7 heteroatoms. The van der Waals surface area contributed by atoms with Gasteiger partial charge in [-0.1, -0.05) is 0 Å². The largest absolute Gasteiger partial charge is 0.548 e. The van der Waals surface area contributed by atoms with E-state index in [9.17, 15) is 19.5 Å². The molecule has 0 heterocycles. The number of hydrogen-bond acceptors (Lipinski definition) is 5. The van der Waals surface area contributed by atoms with Gasteiger partial charge in [-0.25, -0.2) is 15.2 Å². The van der Waals surface area contributed by atoms with Gasteiger partial charge in [-0.2, -0.15) is 0 Å². The van der Waals surface area contributed by atoms with E-state index in [1.54, 1.807) is 20.8 Å². The zero-order valence-electron chi connectivity index (χ0n) is 10.7. The molecule has 0 aromatic heterocycles. The van der Waals surface area contributed by atoms with Crippen LogP contribution in [0.15, 0.2) is 0 Å². The summed E-state index contributed by atoms with van der Waals surface area (Å²) < 4.78 is 4.94. The summed E-state index contributed by atoms with van der Waals surface area (Å²) in [5, 5.41) is 11.3. The van der Waals surface area contributed by atoms with Crippen molar-refractivity contribution in [3.63, 3.8) is 0 Å². The monoisotopic (exact) mass is 257 g/mol. The maximum Gasteiger partial charge on any atom is 0.426 e. The Morgan fingerprint density at radius 1 is 1.33 bits per heavy atom. The Bertz CT molecular complexity index is 357. The molecule has 0 saturated heterocycles. The highest BCUT2D eigenvalue weighted by Crippen LogP contribution is 2.30. The molecule has 1 aliphatic carbocycles. The smallest absolute Gasteiger partial charge is 0.426 e. The van der Waals surface area contributed by atoms with Crippen LogP contribution in [0.5, 0.6) is 0 Å². The SMILES string of the molecule is CC(C)(C)OC(=O)NN(CC(=O)[O-])C(=O)C1CC1. The molecule has 0 unspecified atom stereocenters. The van der Waals surface area contributed by atoms with Gasteiger partial charge in [0.15, 0.2) is 0 Å². The molecule has 1 rings (SSSR count). The normalized spacial score (nSPS) is 14.8. The Morgan fingerprint density at radius 3 is 2.28 bits per heavy atom. The lowest BCUT2D eigenvalue weighted by molar-refractivity contribution is -0.306. The molecule has 7 nitrogen and oxygen atoms in total. The van der Waals surface area contributed by atoms with E-state index < -0.39 is 30.1 Å². The number of nitrogens with zero attached hydrogens (tertiary/aromatic N) is 1. The minimum Gasteiger partial charge on any atom is -0.548 e. The van der Waals surface area contributed by atoms with Crippen LogP contribution < -0.4 is 10.5 Å². The first kappa shape index (κ1) is 14.3. The van der Waals surface area contributed by atoms with Gasteiger partial charge >= 0.3 is 6.09 Å². The Labute approximate surface area is 105 Å². The van der Waals surface area contributed by atoms with Gasteiger partial charge in [0.25, 0.3) is 0 Å². The summed E-state index contributed by atoms with van der Waals surface area (Å²) in [6, 6.07) is 0. The van der Waals surface area contributed by atoms with Crippen LogP contribution in [0.25, 0.3) is 0 Å².